The van der Waals surface area contributed by atoms with Gasteiger partial charge in [0.15, 0.2) is 11.5 Å². The molecule has 9 nitrogen and oxygen atoms in total. The fourth-order valence-corrected chi connectivity index (χ4v) is 3.85. The molecule has 1 aliphatic rings. The van der Waals surface area contributed by atoms with Gasteiger partial charge in [-0.05, 0) is 70.0 Å². The molecule has 2 aromatic carbocycles. The molecule has 1 atom stereocenters. The van der Waals surface area contributed by atoms with Gasteiger partial charge in [0.05, 0.1) is 36.6 Å². The number of hydrogen-bond acceptors (Lipinski definition) is 7. The fourth-order valence-electron chi connectivity index (χ4n) is 3.58. The van der Waals surface area contributed by atoms with Crippen LogP contribution in [0.5, 0.6) is 23.0 Å². The third-order valence-corrected chi connectivity index (χ3v) is 5.70. The van der Waals surface area contributed by atoms with Crippen molar-refractivity contribution in [3.63, 3.8) is 0 Å². The number of nitrogens with one attached hydrogen (secondary N) is 1. The van der Waals surface area contributed by atoms with Crippen molar-refractivity contribution < 1.29 is 33.3 Å². The number of anilines is 1. The number of benzene rings is 2. The molecule has 0 unspecified atom stereocenters. The van der Waals surface area contributed by atoms with Crippen LogP contribution in [0, 0.1) is 0 Å². The van der Waals surface area contributed by atoms with Crippen LogP contribution in [-0.4, -0.2) is 43.8 Å². The van der Waals surface area contributed by atoms with Crippen LogP contribution in [0.3, 0.4) is 0 Å². The SMILES string of the molecule is CCOc1ccc(OCC)c(N2C(=O)NC(=O)/C(=C\c3cc(Cl)c(O[C@@H](C)CC)c(OCC)c3)C2=O)c1. The highest BCUT2D eigenvalue weighted by molar-refractivity contribution is 6.39. The van der Waals surface area contributed by atoms with Crippen molar-refractivity contribution in [2.24, 2.45) is 0 Å². The number of imide groups is 2. The van der Waals surface area contributed by atoms with Gasteiger partial charge in [-0.1, -0.05) is 18.5 Å². The number of halogens is 1. The lowest BCUT2D eigenvalue weighted by molar-refractivity contribution is -0.122. The van der Waals surface area contributed by atoms with E-state index in [0.29, 0.717) is 42.6 Å². The Morgan fingerprint density at radius 3 is 2.27 bits per heavy atom. The number of carbonyl (C=O) groups is 3. The van der Waals surface area contributed by atoms with E-state index in [1.807, 2.05) is 27.7 Å². The van der Waals surface area contributed by atoms with E-state index in [9.17, 15) is 14.4 Å². The van der Waals surface area contributed by atoms with E-state index in [-0.39, 0.29) is 28.1 Å². The first kappa shape index (κ1) is 27.9. The van der Waals surface area contributed by atoms with Gasteiger partial charge < -0.3 is 18.9 Å². The second-order valence-electron chi connectivity index (χ2n) is 8.05. The number of rotatable bonds is 11. The lowest BCUT2D eigenvalue weighted by atomic mass is 10.1. The topological polar surface area (TPSA) is 103 Å². The summed E-state index contributed by atoms with van der Waals surface area (Å²) in [5, 5.41) is 2.48. The standard InChI is InChI=1S/C27H31ClN2O7/c1-6-16(5)37-24-20(28)13-17(14-23(24)36-9-4)12-19-25(31)29-27(33)30(26(19)32)21-15-18(34-7-2)10-11-22(21)35-8-3/h10-16H,6-9H2,1-5H3,(H,29,31,33)/b19-12+/t16-/m0/s1. The van der Waals surface area contributed by atoms with E-state index < -0.39 is 17.8 Å². The molecule has 3 rings (SSSR count). The summed E-state index contributed by atoms with van der Waals surface area (Å²) in [4.78, 5) is 39.9. The maximum absolute atomic E-state index is 13.5. The zero-order valence-corrected chi connectivity index (χ0v) is 22.3. The molecule has 1 fully saturated rings. The minimum Gasteiger partial charge on any atom is -0.494 e. The molecule has 1 heterocycles. The lowest BCUT2D eigenvalue weighted by Crippen LogP contribution is -2.54. The van der Waals surface area contributed by atoms with Crippen molar-refractivity contribution in [2.45, 2.75) is 47.1 Å². The van der Waals surface area contributed by atoms with Crippen molar-refractivity contribution in [1.82, 2.24) is 5.32 Å². The molecule has 0 bridgehead atoms. The lowest BCUT2D eigenvalue weighted by Gasteiger charge is -2.28. The summed E-state index contributed by atoms with van der Waals surface area (Å²) < 4.78 is 22.8. The van der Waals surface area contributed by atoms with E-state index in [0.717, 1.165) is 11.3 Å². The quantitative estimate of drug-likeness (QED) is 0.307. The van der Waals surface area contributed by atoms with Gasteiger partial charge in [0, 0.05) is 6.07 Å². The molecule has 10 heteroatoms. The summed E-state index contributed by atoms with van der Waals surface area (Å²) in [7, 11) is 0. The third-order valence-electron chi connectivity index (χ3n) is 5.42. The molecule has 1 N–H and O–H groups in total. The highest BCUT2D eigenvalue weighted by Gasteiger charge is 2.38. The molecule has 2 aromatic rings. The first-order valence-corrected chi connectivity index (χ1v) is 12.6. The Hall–Kier alpha value is -3.72. The number of amides is 4. The number of carbonyl (C=O) groups excluding carboxylic acids is 3. The maximum Gasteiger partial charge on any atom is 0.336 e. The van der Waals surface area contributed by atoms with Gasteiger partial charge in [-0.3, -0.25) is 14.9 Å². The van der Waals surface area contributed by atoms with Crippen LogP contribution in [0.2, 0.25) is 5.02 Å². The molecule has 0 aliphatic carbocycles. The van der Waals surface area contributed by atoms with Crippen molar-refractivity contribution in [1.29, 1.82) is 0 Å². The predicted octanol–water partition coefficient (Wildman–Crippen LogP) is 5.38. The smallest absolute Gasteiger partial charge is 0.336 e. The summed E-state index contributed by atoms with van der Waals surface area (Å²) >= 11 is 6.50. The second-order valence-corrected chi connectivity index (χ2v) is 8.46. The predicted molar refractivity (Wildman–Crippen MR) is 141 cm³/mol. The van der Waals surface area contributed by atoms with Crippen molar-refractivity contribution in [3.05, 3.63) is 46.5 Å². The van der Waals surface area contributed by atoms with Gasteiger partial charge in [0.1, 0.15) is 17.1 Å². The van der Waals surface area contributed by atoms with Gasteiger partial charge in [0.2, 0.25) is 0 Å². The highest BCUT2D eigenvalue weighted by atomic mass is 35.5. The Morgan fingerprint density at radius 2 is 1.62 bits per heavy atom. The van der Waals surface area contributed by atoms with Crippen molar-refractivity contribution in [3.8, 4) is 23.0 Å². The van der Waals surface area contributed by atoms with Gasteiger partial charge >= 0.3 is 6.03 Å². The minimum absolute atomic E-state index is 0.0989. The number of barbiturate groups is 1. The molecule has 0 spiro atoms. The Labute approximate surface area is 221 Å². The summed E-state index contributed by atoms with van der Waals surface area (Å²) in [5.41, 5.74) is 0.308. The zero-order chi connectivity index (χ0) is 27.1. The number of ether oxygens (including phenoxy) is 4. The molecular weight excluding hydrogens is 500 g/mol. The van der Waals surface area contributed by atoms with E-state index in [2.05, 4.69) is 5.32 Å². The molecule has 37 heavy (non-hydrogen) atoms. The molecule has 198 valence electrons. The second kappa shape index (κ2) is 12.5. The Kier molecular flexibility index (Phi) is 9.41. The average molecular weight is 531 g/mol. The summed E-state index contributed by atoms with van der Waals surface area (Å²) in [6.07, 6.45) is 2.02. The first-order valence-electron chi connectivity index (χ1n) is 12.2. The summed E-state index contributed by atoms with van der Waals surface area (Å²) in [6, 6.07) is 7.10. The number of urea groups is 1. The average Bonchev–Trinajstić information content (AvgIpc) is 2.85. The van der Waals surface area contributed by atoms with E-state index in [4.69, 9.17) is 30.5 Å². The summed E-state index contributed by atoms with van der Waals surface area (Å²) in [5.74, 6) is -0.172. The number of hydrogen-bond donors (Lipinski definition) is 1. The molecule has 4 amide bonds. The zero-order valence-electron chi connectivity index (χ0n) is 21.6. The molecule has 0 radical (unpaired) electrons. The molecule has 0 saturated carbocycles. The third kappa shape index (κ3) is 6.35. The van der Waals surface area contributed by atoms with E-state index in [1.165, 1.54) is 12.1 Å². The van der Waals surface area contributed by atoms with Gasteiger partial charge in [-0.2, -0.15) is 0 Å². The van der Waals surface area contributed by atoms with E-state index >= 15 is 0 Å². The number of nitrogens with zero attached hydrogens (tertiary/aromatic N) is 1. The van der Waals surface area contributed by atoms with Gasteiger partial charge in [-0.15, -0.1) is 0 Å². The molecular formula is C27H31ClN2O7. The Morgan fingerprint density at radius 1 is 0.946 bits per heavy atom. The van der Waals surface area contributed by atoms with Crippen LogP contribution in [0.1, 0.15) is 46.6 Å². The van der Waals surface area contributed by atoms with Gasteiger partial charge in [0.25, 0.3) is 11.8 Å². The fraction of sp³-hybridized carbons (Fsp3) is 0.370. The normalized spacial score (nSPS) is 15.5. The van der Waals surface area contributed by atoms with E-state index in [1.54, 1.807) is 31.2 Å². The van der Waals surface area contributed by atoms with Crippen molar-refractivity contribution >= 4 is 41.2 Å². The van der Waals surface area contributed by atoms with Crippen molar-refractivity contribution in [2.75, 3.05) is 24.7 Å². The van der Waals surface area contributed by atoms with Crippen LogP contribution in [0.25, 0.3) is 6.08 Å². The van der Waals surface area contributed by atoms with Crippen LogP contribution in [0.15, 0.2) is 35.9 Å². The minimum atomic E-state index is -0.896. The van der Waals surface area contributed by atoms with Crippen LogP contribution in [-0.2, 0) is 9.59 Å². The van der Waals surface area contributed by atoms with Crippen LogP contribution >= 0.6 is 11.6 Å². The first-order chi connectivity index (χ1) is 17.7. The maximum atomic E-state index is 13.5. The monoisotopic (exact) mass is 530 g/mol. The van der Waals surface area contributed by atoms with Gasteiger partial charge in [-0.25, -0.2) is 9.69 Å². The molecule has 1 aliphatic heterocycles. The van der Waals surface area contributed by atoms with Crippen LogP contribution in [0.4, 0.5) is 10.5 Å². The Bertz CT molecular complexity index is 1210. The molecule has 0 aromatic heterocycles. The Balaban J connectivity index is 2.07. The molecule has 1 saturated heterocycles. The summed E-state index contributed by atoms with van der Waals surface area (Å²) in [6.45, 7) is 10.4. The van der Waals surface area contributed by atoms with Crippen LogP contribution < -0.4 is 29.2 Å². The largest absolute Gasteiger partial charge is 0.494 e. The highest BCUT2D eigenvalue weighted by Crippen LogP contribution is 2.39.